The molecular weight excluding hydrogens is 245 g/mol. The second-order valence-corrected chi connectivity index (χ2v) is 6.81. The quantitative estimate of drug-likeness (QED) is 0.530. The molecule has 1 fully saturated rings. The van der Waals surface area contributed by atoms with E-state index in [2.05, 4.69) is 5.73 Å². The molecule has 6 N–H and O–H groups in total. The highest BCUT2D eigenvalue weighted by molar-refractivity contribution is 7.51. The van der Waals surface area contributed by atoms with Gasteiger partial charge >= 0.3 is 13.6 Å². The van der Waals surface area contributed by atoms with E-state index >= 15 is 0 Å². The van der Waals surface area contributed by atoms with Crippen LogP contribution in [0.15, 0.2) is 0 Å². The number of hydrogen-bond donors (Lipinski definition) is 4. The molecule has 0 heterocycles. The fourth-order valence-corrected chi connectivity index (χ4v) is 3.70. The molecule has 0 aromatic heterocycles. The Morgan fingerprint density at radius 3 is 2.53 bits per heavy atom. The van der Waals surface area contributed by atoms with Crippen LogP contribution >= 0.6 is 7.60 Å². The lowest BCUT2D eigenvalue weighted by molar-refractivity contribution is -0.424. The highest BCUT2D eigenvalue weighted by Gasteiger charge is 2.38. The van der Waals surface area contributed by atoms with E-state index in [1.165, 1.54) is 0 Å². The van der Waals surface area contributed by atoms with Gasteiger partial charge in [0.1, 0.15) is 0 Å². The second kappa shape index (κ2) is 5.48. The van der Waals surface area contributed by atoms with Crippen LogP contribution in [0.4, 0.5) is 0 Å². The van der Waals surface area contributed by atoms with Crippen LogP contribution in [0.1, 0.15) is 26.2 Å². The van der Waals surface area contributed by atoms with Crippen molar-refractivity contribution in [2.24, 2.45) is 17.8 Å². The smallest absolute Gasteiger partial charge is 0.362 e. The van der Waals surface area contributed by atoms with Crippen LogP contribution in [0.25, 0.3) is 0 Å². The SMILES string of the molecule is C[C@@H]1CCC(CP(=O)(O)O)C[C@H]1[C@@H]([NH3+])C(=O)O. The van der Waals surface area contributed by atoms with E-state index in [1.54, 1.807) is 0 Å². The molecule has 0 radical (unpaired) electrons. The van der Waals surface area contributed by atoms with Gasteiger partial charge in [-0.1, -0.05) is 6.92 Å². The molecule has 0 amide bonds. The summed E-state index contributed by atoms with van der Waals surface area (Å²) in [5, 5.41) is 8.95. The van der Waals surface area contributed by atoms with Gasteiger partial charge in [0, 0.05) is 5.92 Å². The molecule has 1 aliphatic carbocycles. The van der Waals surface area contributed by atoms with Crippen LogP contribution in [0.2, 0.25) is 0 Å². The third-order valence-electron chi connectivity index (χ3n) is 3.70. The number of hydrogen-bond acceptors (Lipinski definition) is 2. The largest absolute Gasteiger partial charge is 0.477 e. The summed E-state index contributed by atoms with van der Waals surface area (Å²) in [5.41, 5.74) is 3.65. The molecule has 0 aromatic carbocycles. The van der Waals surface area contributed by atoms with E-state index < -0.39 is 19.6 Å². The molecule has 0 aromatic rings. The first-order valence-corrected chi connectivity index (χ1v) is 7.61. The first kappa shape index (κ1) is 14.6. The third-order valence-corrected chi connectivity index (χ3v) is 4.69. The van der Waals surface area contributed by atoms with Crippen LogP contribution in [0.5, 0.6) is 0 Å². The lowest BCUT2D eigenvalue weighted by atomic mass is 9.72. The van der Waals surface area contributed by atoms with Gasteiger partial charge in [-0.25, -0.2) is 4.79 Å². The van der Waals surface area contributed by atoms with Crippen molar-refractivity contribution in [1.29, 1.82) is 0 Å². The van der Waals surface area contributed by atoms with Gasteiger partial charge in [-0.3, -0.25) is 4.57 Å². The normalized spacial score (nSPS) is 32.1. The van der Waals surface area contributed by atoms with Crippen LogP contribution in [0, 0.1) is 17.8 Å². The molecule has 1 unspecified atom stereocenters. The molecule has 1 aliphatic rings. The minimum atomic E-state index is -4.00. The summed E-state index contributed by atoms with van der Waals surface area (Å²) in [4.78, 5) is 28.8. The van der Waals surface area contributed by atoms with Gasteiger partial charge < -0.3 is 20.6 Å². The Morgan fingerprint density at radius 2 is 2.06 bits per heavy atom. The van der Waals surface area contributed by atoms with E-state index in [0.717, 1.165) is 12.8 Å². The number of carboxylic acids is 1. The number of carbonyl (C=O) groups is 1. The Labute approximate surface area is 100 Å². The highest BCUT2D eigenvalue weighted by Crippen LogP contribution is 2.44. The fraction of sp³-hybridized carbons (Fsp3) is 0.900. The lowest BCUT2D eigenvalue weighted by Crippen LogP contribution is -2.69. The predicted octanol–water partition coefficient (Wildman–Crippen LogP) is -0.0884. The number of carboxylic acid groups (broad SMARTS) is 1. The zero-order valence-corrected chi connectivity index (χ0v) is 10.8. The van der Waals surface area contributed by atoms with Crippen molar-refractivity contribution in [3.63, 3.8) is 0 Å². The first-order valence-electron chi connectivity index (χ1n) is 5.81. The Bertz CT molecular complexity index is 329. The van der Waals surface area contributed by atoms with Gasteiger partial charge in [0.05, 0.1) is 6.16 Å². The van der Waals surface area contributed by atoms with E-state index in [4.69, 9.17) is 14.9 Å². The van der Waals surface area contributed by atoms with E-state index in [9.17, 15) is 9.36 Å². The van der Waals surface area contributed by atoms with E-state index in [1.807, 2.05) is 6.92 Å². The van der Waals surface area contributed by atoms with Crippen LogP contribution in [0.3, 0.4) is 0 Å². The van der Waals surface area contributed by atoms with Gasteiger partial charge in [0.15, 0.2) is 6.04 Å². The van der Waals surface area contributed by atoms with Crippen LogP contribution in [-0.4, -0.2) is 33.1 Å². The zero-order chi connectivity index (χ0) is 13.2. The van der Waals surface area contributed by atoms with Crippen LogP contribution < -0.4 is 5.73 Å². The van der Waals surface area contributed by atoms with Crippen molar-refractivity contribution in [3.05, 3.63) is 0 Å². The summed E-state index contributed by atoms with van der Waals surface area (Å²) in [5.74, 6) is -0.848. The van der Waals surface area contributed by atoms with Gasteiger partial charge in [-0.05, 0) is 31.1 Å². The zero-order valence-electron chi connectivity index (χ0n) is 9.95. The molecule has 17 heavy (non-hydrogen) atoms. The van der Waals surface area contributed by atoms with Crippen molar-refractivity contribution in [3.8, 4) is 0 Å². The molecule has 100 valence electrons. The van der Waals surface area contributed by atoms with Gasteiger partial charge in [-0.15, -0.1) is 0 Å². The average molecular weight is 266 g/mol. The Balaban J connectivity index is 2.65. The first-order chi connectivity index (χ1) is 7.70. The van der Waals surface area contributed by atoms with Crippen LogP contribution in [-0.2, 0) is 9.36 Å². The Morgan fingerprint density at radius 1 is 1.47 bits per heavy atom. The molecule has 1 rings (SSSR count). The molecular formula is C10H21NO5P+. The minimum Gasteiger partial charge on any atom is -0.477 e. The Hall–Kier alpha value is -0.420. The summed E-state index contributed by atoms with van der Waals surface area (Å²) in [6.45, 7) is 1.99. The molecule has 0 bridgehead atoms. The molecule has 7 heteroatoms. The van der Waals surface area contributed by atoms with E-state index in [0.29, 0.717) is 6.42 Å². The summed E-state index contributed by atoms with van der Waals surface area (Å²) >= 11 is 0. The topological polar surface area (TPSA) is 122 Å². The van der Waals surface area contributed by atoms with Crippen molar-refractivity contribution in [2.45, 2.75) is 32.2 Å². The molecule has 0 spiro atoms. The maximum atomic E-state index is 11.0. The number of aliphatic carboxylic acids is 1. The minimum absolute atomic E-state index is 0.0827. The van der Waals surface area contributed by atoms with Crippen molar-refractivity contribution < 1.29 is 30.0 Å². The number of rotatable bonds is 4. The van der Waals surface area contributed by atoms with Gasteiger partial charge in [0.2, 0.25) is 0 Å². The molecule has 1 saturated carbocycles. The number of quaternary nitrogens is 1. The monoisotopic (exact) mass is 266 g/mol. The Kier molecular flexibility index (Phi) is 4.72. The molecule has 0 aliphatic heterocycles. The van der Waals surface area contributed by atoms with Crippen molar-refractivity contribution >= 4 is 13.6 Å². The molecule has 4 atom stereocenters. The maximum absolute atomic E-state index is 11.0. The predicted molar refractivity (Wildman–Crippen MR) is 61.2 cm³/mol. The molecule has 0 saturated heterocycles. The van der Waals surface area contributed by atoms with Gasteiger partial charge in [0.25, 0.3) is 0 Å². The molecule has 6 nitrogen and oxygen atoms in total. The average Bonchev–Trinajstić information content (AvgIpc) is 2.17. The second-order valence-electron chi connectivity index (χ2n) is 5.11. The third kappa shape index (κ3) is 4.39. The highest BCUT2D eigenvalue weighted by atomic mass is 31.2. The van der Waals surface area contributed by atoms with Crippen molar-refractivity contribution in [2.75, 3.05) is 6.16 Å². The lowest BCUT2D eigenvalue weighted by Gasteiger charge is -2.34. The van der Waals surface area contributed by atoms with Gasteiger partial charge in [-0.2, -0.15) is 0 Å². The summed E-state index contributed by atoms with van der Waals surface area (Å²) < 4.78 is 11.0. The fourth-order valence-electron chi connectivity index (χ4n) is 2.69. The standard InChI is InChI=1S/C10H20NO5P/c1-6-2-3-7(5-17(14,15)16)4-8(6)9(11)10(12)13/h6-9H,2-5,11H2,1H3,(H,12,13)(H2,14,15,16)/p+1/t6-,7?,8-,9-/m1/s1. The summed E-state index contributed by atoms with van der Waals surface area (Å²) in [6, 6.07) is -0.690. The maximum Gasteiger partial charge on any atom is 0.362 e. The van der Waals surface area contributed by atoms with E-state index in [-0.39, 0.29) is 23.9 Å². The summed E-state index contributed by atoms with van der Waals surface area (Å²) in [7, 11) is -4.00. The van der Waals surface area contributed by atoms with Crippen molar-refractivity contribution in [1.82, 2.24) is 0 Å². The summed E-state index contributed by atoms with van der Waals surface area (Å²) in [6.07, 6.45) is 1.99.